The summed E-state index contributed by atoms with van der Waals surface area (Å²) in [7, 11) is 0. The second-order valence-corrected chi connectivity index (χ2v) is 3.92. The van der Waals surface area contributed by atoms with Crippen molar-refractivity contribution in [3.05, 3.63) is 28.8 Å². The van der Waals surface area contributed by atoms with Crippen molar-refractivity contribution in [2.45, 2.75) is 26.2 Å². The first kappa shape index (κ1) is 12.8. The van der Waals surface area contributed by atoms with Gasteiger partial charge in [-0.15, -0.1) is 0 Å². The van der Waals surface area contributed by atoms with Crippen LogP contribution in [-0.4, -0.2) is 6.03 Å². The summed E-state index contributed by atoms with van der Waals surface area (Å²) < 4.78 is 0. The SMILES string of the molecule is CCCCc1ccc(NC(=O)NN)cc1Cl. The zero-order valence-electron chi connectivity index (χ0n) is 9.22. The fraction of sp³-hybridized carbons (Fsp3) is 0.364. The van der Waals surface area contributed by atoms with Crippen LogP contribution in [0.3, 0.4) is 0 Å². The minimum atomic E-state index is -0.461. The van der Waals surface area contributed by atoms with Crippen molar-refractivity contribution in [3.63, 3.8) is 0 Å². The molecule has 5 heteroatoms. The molecule has 0 aliphatic heterocycles. The highest BCUT2D eigenvalue weighted by Gasteiger charge is 2.03. The van der Waals surface area contributed by atoms with Crippen LogP contribution in [0.5, 0.6) is 0 Å². The molecule has 0 heterocycles. The van der Waals surface area contributed by atoms with Crippen molar-refractivity contribution in [1.82, 2.24) is 5.43 Å². The van der Waals surface area contributed by atoms with Gasteiger partial charge in [0.1, 0.15) is 0 Å². The van der Waals surface area contributed by atoms with Crippen LogP contribution in [0.4, 0.5) is 10.5 Å². The number of unbranched alkanes of at least 4 members (excludes halogenated alkanes) is 1. The van der Waals surface area contributed by atoms with Gasteiger partial charge in [0.05, 0.1) is 0 Å². The second-order valence-electron chi connectivity index (χ2n) is 3.51. The molecule has 0 spiro atoms. The lowest BCUT2D eigenvalue weighted by atomic mass is 10.1. The number of amides is 2. The fourth-order valence-corrected chi connectivity index (χ4v) is 1.64. The van der Waals surface area contributed by atoms with Gasteiger partial charge in [-0.05, 0) is 30.5 Å². The molecule has 0 fully saturated rings. The number of benzene rings is 1. The van der Waals surface area contributed by atoms with Gasteiger partial charge in [-0.3, -0.25) is 5.43 Å². The predicted octanol–water partition coefficient (Wildman–Crippen LogP) is 2.68. The molecule has 1 aromatic rings. The molecular weight excluding hydrogens is 226 g/mol. The molecule has 1 rings (SSSR count). The quantitative estimate of drug-likeness (QED) is 0.431. The average molecular weight is 242 g/mol. The zero-order valence-corrected chi connectivity index (χ0v) is 9.97. The van der Waals surface area contributed by atoms with E-state index in [0.717, 1.165) is 24.8 Å². The van der Waals surface area contributed by atoms with Gasteiger partial charge in [0.25, 0.3) is 0 Å². The van der Waals surface area contributed by atoms with E-state index in [1.807, 2.05) is 17.6 Å². The third-order valence-electron chi connectivity index (χ3n) is 2.24. The molecule has 0 aliphatic rings. The van der Waals surface area contributed by atoms with Crippen LogP contribution in [0.25, 0.3) is 0 Å². The first-order chi connectivity index (χ1) is 7.67. The first-order valence-corrected chi connectivity index (χ1v) is 5.61. The molecular formula is C11H16ClN3O. The number of nitrogens with two attached hydrogens (primary N) is 1. The molecule has 4 N–H and O–H groups in total. The van der Waals surface area contributed by atoms with Crippen LogP contribution in [0.15, 0.2) is 18.2 Å². The van der Waals surface area contributed by atoms with Crippen molar-refractivity contribution < 1.29 is 4.79 Å². The summed E-state index contributed by atoms with van der Waals surface area (Å²) in [5.74, 6) is 4.96. The van der Waals surface area contributed by atoms with E-state index >= 15 is 0 Å². The van der Waals surface area contributed by atoms with E-state index in [2.05, 4.69) is 12.2 Å². The lowest BCUT2D eigenvalue weighted by Crippen LogP contribution is -2.34. The lowest BCUT2D eigenvalue weighted by molar-refractivity contribution is 0.252. The maximum atomic E-state index is 11.0. The number of anilines is 1. The maximum absolute atomic E-state index is 11.0. The van der Waals surface area contributed by atoms with Crippen molar-refractivity contribution in [2.24, 2.45) is 5.84 Å². The Balaban J connectivity index is 2.70. The van der Waals surface area contributed by atoms with E-state index in [4.69, 9.17) is 17.4 Å². The third-order valence-corrected chi connectivity index (χ3v) is 2.59. The van der Waals surface area contributed by atoms with Crippen LogP contribution in [0.2, 0.25) is 5.02 Å². The molecule has 16 heavy (non-hydrogen) atoms. The van der Waals surface area contributed by atoms with Crippen molar-refractivity contribution in [1.29, 1.82) is 0 Å². The van der Waals surface area contributed by atoms with Crippen LogP contribution in [0.1, 0.15) is 25.3 Å². The lowest BCUT2D eigenvalue weighted by Gasteiger charge is -2.07. The van der Waals surface area contributed by atoms with Crippen LogP contribution in [0, 0.1) is 0 Å². The number of hydrogen-bond acceptors (Lipinski definition) is 2. The van der Waals surface area contributed by atoms with E-state index in [1.165, 1.54) is 0 Å². The number of halogens is 1. The highest BCUT2D eigenvalue weighted by Crippen LogP contribution is 2.22. The van der Waals surface area contributed by atoms with E-state index in [9.17, 15) is 4.79 Å². The van der Waals surface area contributed by atoms with Crippen LogP contribution < -0.4 is 16.6 Å². The molecule has 0 radical (unpaired) electrons. The Hall–Kier alpha value is -1.26. The van der Waals surface area contributed by atoms with E-state index in [0.29, 0.717) is 10.7 Å². The molecule has 0 saturated carbocycles. The fourth-order valence-electron chi connectivity index (χ4n) is 1.36. The van der Waals surface area contributed by atoms with Gasteiger partial charge in [-0.1, -0.05) is 31.0 Å². The standard InChI is InChI=1S/C11H16ClN3O/c1-2-3-4-8-5-6-9(7-10(8)12)14-11(16)15-13/h5-7H,2-4,13H2,1H3,(H2,14,15,16). The molecule has 4 nitrogen and oxygen atoms in total. The molecule has 0 bridgehead atoms. The predicted molar refractivity (Wildman–Crippen MR) is 66.4 cm³/mol. The Kier molecular flexibility index (Phi) is 5.08. The summed E-state index contributed by atoms with van der Waals surface area (Å²) in [5, 5.41) is 3.23. The van der Waals surface area contributed by atoms with E-state index in [1.54, 1.807) is 6.07 Å². The van der Waals surface area contributed by atoms with Crippen molar-refractivity contribution >= 4 is 23.3 Å². The minimum Gasteiger partial charge on any atom is -0.307 e. The Labute approximate surface area is 100 Å². The molecule has 2 amide bonds. The van der Waals surface area contributed by atoms with Gasteiger partial charge in [-0.2, -0.15) is 0 Å². The number of carbonyl (C=O) groups excluding carboxylic acids is 1. The Morgan fingerprint density at radius 1 is 1.50 bits per heavy atom. The third kappa shape index (κ3) is 3.72. The van der Waals surface area contributed by atoms with Gasteiger partial charge in [-0.25, -0.2) is 10.6 Å². The van der Waals surface area contributed by atoms with Crippen molar-refractivity contribution in [2.75, 3.05) is 5.32 Å². The smallest absolute Gasteiger partial charge is 0.307 e. The molecule has 88 valence electrons. The summed E-state index contributed by atoms with van der Waals surface area (Å²) in [6.45, 7) is 2.13. The Morgan fingerprint density at radius 3 is 2.81 bits per heavy atom. The summed E-state index contributed by atoms with van der Waals surface area (Å²) in [4.78, 5) is 11.0. The number of hydrogen-bond donors (Lipinski definition) is 3. The summed E-state index contributed by atoms with van der Waals surface area (Å²) in [5.41, 5.74) is 3.72. The normalized spacial score (nSPS) is 9.94. The van der Waals surface area contributed by atoms with Gasteiger partial charge in [0, 0.05) is 10.7 Å². The highest BCUT2D eigenvalue weighted by atomic mass is 35.5. The largest absolute Gasteiger partial charge is 0.333 e. The summed E-state index contributed by atoms with van der Waals surface area (Å²) in [6.07, 6.45) is 3.19. The summed E-state index contributed by atoms with van der Waals surface area (Å²) in [6, 6.07) is 5.00. The molecule has 0 aromatic heterocycles. The average Bonchev–Trinajstić information content (AvgIpc) is 2.28. The highest BCUT2D eigenvalue weighted by molar-refractivity contribution is 6.31. The molecule has 0 unspecified atom stereocenters. The number of rotatable bonds is 4. The molecule has 0 aliphatic carbocycles. The number of carbonyl (C=O) groups is 1. The van der Waals surface area contributed by atoms with Crippen molar-refractivity contribution in [3.8, 4) is 0 Å². The van der Waals surface area contributed by atoms with Gasteiger partial charge >= 0.3 is 6.03 Å². The topological polar surface area (TPSA) is 67.2 Å². The molecule has 0 atom stereocenters. The van der Waals surface area contributed by atoms with Gasteiger partial charge in [0.2, 0.25) is 0 Å². The number of aryl methyl sites for hydroxylation is 1. The van der Waals surface area contributed by atoms with Gasteiger partial charge < -0.3 is 5.32 Å². The van der Waals surface area contributed by atoms with Gasteiger partial charge in [0.15, 0.2) is 0 Å². The minimum absolute atomic E-state index is 0.461. The number of urea groups is 1. The molecule has 0 saturated heterocycles. The Bertz CT molecular complexity index is 368. The Morgan fingerprint density at radius 2 is 2.25 bits per heavy atom. The van der Waals surface area contributed by atoms with Crippen LogP contribution >= 0.6 is 11.6 Å². The summed E-state index contributed by atoms with van der Waals surface area (Å²) >= 11 is 6.09. The maximum Gasteiger partial charge on any atom is 0.333 e. The zero-order chi connectivity index (χ0) is 12.0. The van der Waals surface area contributed by atoms with E-state index < -0.39 is 6.03 Å². The molecule has 1 aromatic carbocycles. The van der Waals surface area contributed by atoms with E-state index in [-0.39, 0.29) is 0 Å². The first-order valence-electron chi connectivity index (χ1n) is 5.23. The number of nitrogens with one attached hydrogen (secondary N) is 2. The van der Waals surface area contributed by atoms with Crippen LogP contribution in [-0.2, 0) is 6.42 Å². The second kappa shape index (κ2) is 6.35. The number of hydrazine groups is 1. The monoisotopic (exact) mass is 241 g/mol.